The Morgan fingerprint density at radius 1 is 1.23 bits per heavy atom. The van der Waals surface area contributed by atoms with Crippen LogP contribution in [0.25, 0.3) is 0 Å². The summed E-state index contributed by atoms with van der Waals surface area (Å²) in [5, 5.41) is 0. The molecule has 0 amide bonds. The zero-order valence-corrected chi connectivity index (χ0v) is 8.75. The molecule has 3 heteroatoms. The lowest BCUT2D eigenvalue weighted by atomic mass is 10.3. The van der Waals surface area contributed by atoms with Crippen LogP contribution in [0.15, 0.2) is 0 Å². The van der Waals surface area contributed by atoms with E-state index in [2.05, 4.69) is 16.8 Å². The molecule has 1 saturated heterocycles. The molecule has 3 nitrogen and oxygen atoms in total. The summed E-state index contributed by atoms with van der Waals surface area (Å²) in [6, 6.07) is 0. The molecular weight excluding hydrogens is 164 g/mol. The van der Waals surface area contributed by atoms with Gasteiger partial charge in [0.2, 0.25) is 0 Å². The summed E-state index contributed by atoms with van der Waals surface area (Å²) in [5.41, 5.74) is 0. The SMILES string of the molecule is CC(=O)CCN1CCCN(C)CC1. The third-order valence-corrected chi connectivity index (χ3v) is 2.59. The van der Waals surface area contributed by atoms with E-state index in [4.69, 9.17) is 0 Å². The highest BCUT2D eigenvalue weighted by atomic mass is 16.1. The lowest BCUT2D eigenvalue weighted by Gasteiger charge is -2.18. The molecule has 1 rings (SSSR count). The molecule has 0 saturated carbocycles. The van der Waals surface area contributed by atoms with Crippen molar-refractivity contribution >= 4 is 5.78 Å². The first-order valence-electron chi connectivity index (χ1n) is 5.09. The Balaban J connectivity index is 2.22. The first-order chi connectivity index (χ1) is 6.18. The molecule has 1 fully saturated rings. The molecule has 0 unspecified atom stereocenters. The maximum Gasteiger partial charge on any atom is 0.131 e. The molecule has 76 valence electrons. The Kier molecular flexibility index (Phi) is 4.39. The average molecular weight is 184 g/mol. The first kappa shape index (κ1) is 10.7. The minimum Gasteiger partial charge on any atom is -0.305 e. The average Bonchev–Trinajstić information content (AvgIpc) is 2.27. The number of carbonyl (C=O) groups excluding carboxylic acids is 1. The minimum atomic E-state index is 0.303. The molecule has 0 aromatic heterocycles. The maximum absolute atomic E-state index is 10.8. The van der Waals surface area contributed by atoms with Crippen LogP contribution >= 0.6 is 0 Å². The molecule has 13 heavy (non-hydrogen) atoms. The highest BCUT2D eigenvalue weighted by Crippen LogP contribution is 2.01. The van der Waals surface area contributed by atoms with Gasteiger partial charge in [-0.1, -0.05) is 0 Å². The highest BCUT2D eigenvalue weighted by molar-refractivity contribution is 5.75. The van der Waals surface area contributed by atoms with Crippen molar-refractivity contribution in [1.82, 2.24) is 9.80 Å². The standard InChI is InChI=1S/C10H20N2O/c1-10(13)4-7-12-6-3-5-11(2)8-9-12/h3-9H2,1-2H3. The van der Waals surface area contributed by atoms with Gasteiger partial charge in [0.25, 0.3) is 0 Å². The van der Waals surface area contributed by atoms with Crippen LogP contribution in [0.1, 0.15) is 19.8 Å². The van der Waals surface area contributed by atoms with Crippen LogP contribution in [0.5, 0.6) is 0 Å². The van der Waals surface area contributed by atoms with Gasteiger partial charge in [-0.05, 0) is 33.5 Å². The number of hydrogen-bond acceptors (Lipinski definition) is 3. The van der Waals surface area contributed by atoms with Crippen molar-refractivity contribution < 1.29 is 4.79 Å². The quantitative estimate of drug-likeness (QED) is 0.642. The Bertz CT molecular complexity index is 170. The van der Waals surface area contributed by atoms with E-state index in [-0.39, 0.29) is 0 Å². The van der Waals surface area contributed by atoms with Crippen molar-refractivity contribution in [1.29, 1.82) is 0 Å². The van der Waals surface area contributed by atoms with Gasteiger partial charge in [0.1, 0.15) is 5.78 Å². The topological polar surface area (TPSA) is 23.6 Å². The van der Waals surface area contributed by atoms with Crippen LogP contribution < -0.4 is 0 Å². The van der Waals surface area contributed by atoms with Gasteiger partial charge in [0.15, 0.2) is 0 Å². The molecule has 0 bridgehead atoms. The minimum absolute atomic E-state index is 0.303. The van der Waals surface area contributed by atoms with Crippen LogP contribution in [0, 0.1) is 0 Å². The second kappa shape index (κ2) is 5.35. The lowest BCUT2D eigenvalue weighted by Crippen LogP contribution is -2.30. The fraction of sp³-hybridized carbons (Fsp3) is 0.900. The second-order valence-corrected chi connectivity index (χ2v) is 3.95. The molecule has 0 radical (unpaired) electrons. The van der Waals surface area contributed by atoms with Crippen LogP contribution in [0.4, 0.5) is 0 Å². The van der Waals surface area contributed by atoms with Crippen molar-refractivity contribution in [3.8, 4) is 0 Å². The third-order valence-electron chi connectivity index (χ3n) is 2.59. The lowest BCUT2D eigenvalue weighted by molar-refractivity contribution is -0.117. The fourth-order valence-corrected chi connectivity index (χ4v) is 1.64. The van der Waals surface area contributed by atoms with E-state index in [0.717, 1.165) is 26.2 Å². The van der Waals surface area contributed by atoms with Crippen molar-refractivity contribution in [3.05, 3.63) is 0 Å². The van der Waals surface area contributed by atoms with E-state index < -0.39 is 0 Å². The number of likely N-dealkylation sites (N-methyl/N-ethyl adjacent to an activating group) is 1. The van der Waals surface area contributed by atoms with E-state index in [9.17, 15) is 4.79 Å². The molecule has 0 aromatic carbocycles. The molecule has 1 aliphatic heterocycles. The van der Waals surface area contributed by atoms with Gasteiger partial charge in [-0.15, -0.1) is 0 Å². The van der Waals surface area contributed by atoms with Crippen LogP contribution in [0.3, 0.4) is 0 Å². The third kappa shape index (κ3) is 4.39. The Labute approximate surface area is 80.7 Å². The molecule has 0 aromatic rings. The predicted octanol–water partition coefficient (Wildman–Crippen LogP) is 0.603. The second-order valence-electron chi connectivity index (χ2n) is 3.95. The molecule has 0 atom stereocenters. The van der Waals surface area contributed by atoms with Crippen LogP contribution in [0.2, 0.25) is 0 Å². The Morgan fingerprint density at radius 3 is 2.69 bits per heavy atom. The van der Waals surface area contributed by atoms with Crippen molar-refractivity contribution in [2.45, 2.75) is 19.8 Å². The van der Waals surface area contributed by atoms with E-state index in [1.54, 1.807) is 6.92 Å². The van der Waals surface area contributed by atoms with Gasteiger partial charge in [-0.25, -0.2) is 0 Å². The molecule has 1 heterocycles. The molecule has 0 N–H and O–H groups in total. The predicted molar refractivity (Wildman–Crippen MR) is 53.9 cm³/mol. The Hall–Kier alpha value is -0.410. The van der Waals surface area contributed by atoms with Gasteiger partial charge in [-0.2, -0.15) is 0 Å². The van der Waals surface area contributed by atoms with Gasteiger partial charge >= 0.3 is 0 Å². The smallest absolute Gasteiger partial charge is 0.131 e. The zero-order chi connectivity index (χ0) is 9.68. The highest BCUT2D eigenvalue weighted by Gasteiger charge is 2.11. The number of hydrogen-bond donors (Lipinski definition) is 0. The summed E-state index contributed by atoms with van der Waals surface area (Å²) in [4.78, 5) is 15.5. The van der Waals surface area contributed by atoms with Gasteiger partial charge in [-0.3, -0.25) is 4.79 Å². The number of rotatable bonds is 3. The fourth-order valence-electron chi connectivity index (χ4n) is 1.64. The van der Waals surface area contributed by atoms with E-state index >= 15 is 0 Å². The Morgan fingerprint density at radius 2 is 2.00 bits per heavy atom. The summed E-state index contributed by atoms with van der Waals surface area (Å²) >= 11 is 0. The van der Waals surface area contributed by atoms with Gasteiger partial charge < -0.3 is 9.80 Å². The maximum atomic E-state index is 10.8. The largest absolute Gasteiger partial charge is 0.305 e. The molecular formula is C10H20N2O. The molecule has 1 aliphatic rings. The van der Waals surface area contributed by atoms with Crippen LogP contribution in [-0.4, -0.2) is 55.4 Å². The summed E-state index contributed by atoms with van der Waals surface area (Å²) < 4.78 is 0. The summed E-state index contributed by atoms with van der Waals surface area (Å²) in [6.07, 6.45) is 1.94. The summed E-state index contributed by atoms with van der Waals surface area (Å²) in [6.45, 7) is 7.21. The summed E-state index contributed by atoms with van der Waals surface area (Å²) in [7, 11) is 2.16. The number of Topliss-reactive ketones (excluding diaryl/α,β-unsaturated/α-hetero) is 1. The van der Waals surface area contributed by atoms with Gasteiger partial charge in [0.05, 0.1) is 0 Å². The number of ketones is 1. The first-order valence-corrected chi connectivity index (χ1v) is 5.09. The number of carbonyl (C=O) groups is 1. The normalized spacial score (nSPS) is 21.4. The van der Waals surface area contributed by atoms with E-state index in [0.29, 0.717) is 12.2 Å². The summed E-state index contributed by atoms with van der Waals surface area (Å²) in [5.74, 6) is 0.303. The van der Waals surface area contributed by atoms with Crippen molar-refractivity contribution in [2.75, 3.05) is 39.8 Å². The van der Waals surface area contributed by atoms with Gasteiger partial charge in [0, 0.05) is 26.1 Å². The number of nitrogens with zero attached hydrogens (tertiary/aromatic N) is 2. The zero-order valence-electron chi connectivity index (χ0n) is 8.75. The van der Waals surface area contributed by atoms with E-state index in [1.807, 2.05) is 0 Å². The van der Waals surface area contributed by atoms with E-state index in [1.165, 1.54) is 13.0 Å². The van der Waals surface area contributed by atoms with Crippen LogP contribution in [-0.2, 0) is 4.79 Å². The molecule has 0 spiro atoms. The monoisotopic (exact) mass is 184 g/mol. The molecule has 0 aliphatic carbocycles. The van der Waals surface area contributed by atoms with Crippen molar-refractivity contribution in [2.24, 2.45) is 0 Å². The van der Waals surface area contributed by atoms with Crippen molar-refractivity contribution in [3.63, 3.8) is 0 Å².